The van der Waals surface area contributed by atoms with Crippen LogP contribution in [0.1, 0.15) is 6.42 Å². The number of ether oxygens (including phenoxy) is 4. The third-order valence-corrected chi connectivity index (χ3v) is 4.81. The Morgan fingerprint density at radius 2 is 1.94 bits per heavy atom. The molecule has 32 heavy (non-hydrogen) atoms. The van der Waals surface area contributed by atoms with Crippen LogP contribution in [0.5, 0.6) is 17.4 Å². The lowest BCUT2D eigenvalue weighted by molar-refractivity contribution is -0.0531. The van der Waals surface area contributed by atoms with Gasteiger partial charge in [0.05, 0.1) is 31.5 Å². The van der Waals surface area contributed by atoms with Gasteiger partial charge in [0.2, 0.25) is 5.88 Å². The number of nitrogens with one attached hydrogen (secondary N) is 1. The van der Waals surface area contributed by atoms with Crippen molar-refractivity contribution in [2.75, 3.05) is 25.1 Å². The fraction of sp³-hybridized carbons (Fsp3) is 0.273. The third kappa shape index (κ3) is 4.76. The molecule has 4 heterocycles. The lowest BCUT2D eigenvalue weighted by Crippen LogP contribution is -2.12. The van der Waals surface area contributed by atoms with Gasteiger partial charge in [0, 0.05) is 37.2 Å². The molecule has 5 rings (SSSR count). The van der Waals surface area contributed by atoms with E-state index < -0.39 is 0 Å². The molecule has 3 aromatic heterocycles. The Labute approximate surface area is 184 Å². The molecule has 1 aliphatic rings. The summed E-state index contributed by atoms with van der Waals surface area (Å²) in [6.07, 6.45) is 5.49. The maximum absolute atomic E-state index is 5.93. The number of hydrogen-bond donors (Lipinski definition) is 1. The fourth-order valence-corrected chi connectivity index (χ4v) is 3.28. The molecule has 1 N–H and O–H groups in total. The summed E-state index contributed by atoms with van der Waals surface area (Å²) in [5, 5.41) is 8.36. The molecule has 10 nitrogen and oxygen atoms in total. The van der Waals surface area contributed by atoms with Gasteiger partial charge in [-0.3, -0.25) is 4.68 Å². The smallest absolute Gasteiger partial charge is 0.219 e. The molecular weight excluding hydrogens is 412 g/mol. The molecule has 0 unspecified atom stereocenters. The fourth-order valence-electron chi connectivity index (χ4n) is 3.28. The van der Waals surface area contributed by atoms with Crippen LogP contribution in [0.15, 0.2) is 55.1 Å². The van der Waals surface area contributed by atoms with E-state index in [0.29, 0.717) is 55.3 Å². The first-order valence-corrected chi connectivity index (χ1v) is 10.2. The molecule has 164 valence electrons. The molecule has 10 heteroatoms. The lowest BCUT2D eigenvalue weighted by Gasteiger charge is -2.11. The summed E-state index contributed by atoms with van der Waals surface area (Å²) in [5.41, 5.74) is 0.790. The van der Waals surface area contributed by atoms with E-state index in [-0.39, 0.29) is 6.29 Å². The molecule has 0 aliphatic carbocycles. The number of anilines is 2. The first kappa shape index (κ1) is 20.2. The number of aryl methyl sites for hydroxylation is 1. The second-order valence-electron chi connectivity index (χ2n) is 7.14. The van der Waals surface area contributed by atoms with Crippen molar-refractivity contribution in [1.29, 1.82) is 0 Å². The van der Waals surface area contributed by atoms with Crippen LogP contribution < -0.4 is 14.8 Å². The van der Waals surface area contributed by atoms with Crippen LogP contribution in [-0.4, -0.2) is 50.8 Å². The minimum Gasteiger partial charge on any atom is -0.492 e. The van der Waals surface area contributed by atoms with Gasteiger partial charge in [0.15, 0.2) is 12.1 Å². The Morgan fingerprint density at radius 3 is 2.72 bits per heavy atom. The predicted molar refractivity (Wildman–Crippen MR) is 116 cm³/mol. The van der Waals surface area contributed by atoms with Gasteiger partial charge in [0.1, 0.15) is 23.6 Å². The molecule has 1 saturated heterocycles. The van der Waals surface area contributed by atoms with E-state index in [2.05, 4.69) is 25.4 Å². The van der Waals surface area contributed by atoms with Crippen LogP contribution in [0, 0.1) is 0 Å². The van der Waals surface area contributed by atoms with Crippen molar-refractivity contribution < 1.29 is 18.9 Å². The molecule has 0 saturated carbocycles. The molecule has 1 fully saturated rings. The van der Waals surface area contributed by atoms with Gasteiger partial charge in [-0.1, -0.05) is 0 Å². The maximum Gasteiger partial charge on any atom is 0.219 e. The maximum atomic E-state index is 5.93. The molecule has 0 atom stereocenters. The standard InChI is InChI=1S/C22H22N6O4/c1-28-8-6-19(27-28)26-22-17-12-15(2-4-18(17)24-14-25-22)32-20-5-3-16(13-23-20)29-9-7-21-30-10-11-31-21/h2-6,8,12-14,21H,7,9-11H2,1H3,(H,24,25,26,27). The summed E-state index contributed by atoms with van der Waals surface area (Å²) in [7, 11) is 1.86. The molecule has 0 spiro atoms. The first-order valence-electron chi connectivity index (χ1n) is 10.2. The van der Waals surface area contributed by atoms with Crippen LogP contribution in [0.2, 0.25) is 0 Å². The monoisotopic (exact) mass is 434 g/mol. The summed E-state index contributed by atoms with van der Waals surface area (Å²) < 4.78 is 24.1. The number of pyridine rings is 1. The highest BCUT2D eigenvalue weighted by Crippen LogP contribution is 2.29. The normalized spacial score (nSPS) is 14.0. The van der Waals surface area contributed by atoms with Crippen LogP contribution in [-0.2, 0) is 16.5 Å². The number of hydrogen-bond acceptors (Lipinski definition) is 9. The second-order valence-corrected chi connectivity index (χ2v) is 7.14. The molecule has 0 radical (unpaired) electrons. The lowest BCUT2D eigenvalue weighted by atomic mass is 10.2. The minimum absolute atomic E-state index is 0.181. The van der Waals surface area contributed by atoms with Gasteiger partial charge in [0.25, 0.3) is 0 Å². The van der Waals surface area contributed by atoms with Gasteiger partial charge in [-0.2, -0.15) is 5.10 Å². The van der Waals surface area contributed by atoms with Crippen molar-refractivity contribution in [1.82, 2.24) is 24.7 Å². The molecule has 0 amide bonds. The third-order valence-electron chi connectivity index (χ3n) is 4.81. The Kier molecular flexibility index (Phi) is 5.77. The van der Waals surface area contributed by atoms with Crippen LogP contribution in [0.25, 0.3) is 10.9 Å². The summed E-state index contributed by atoms with van der Waals surface area (Å²) in [4.78, 5) is 13.0. The highest BCUT2D eigenvalue weighted by atomic mass is 16.7. The van der Waals surface area contributed by atoms with Gasteiger partial charge in [-0.15, -0.1) is 0 Å². The molecule has 1 aliphatic heterocycles. The zero-order valence-corrected chi connectivity index (χ0v) is 17.5. The number of rotatable bonds is 8. The highest BCUT2D eigenvalue weighted by Gasteiger charge is 2.15. The van der Waals surface area contributed by atoms with Crippen molar-refractivity contribution in [3.63, 3.8) is 0 Å². The average molecular weight is 434 g/mol. The van der Waals surface area contributed by atoms with E-state index in [1.807, 2.05) is 43.6 Å². The van der Waals surface area contributed by atoms with E-state index in [0.717, 1.165) is 10.9 Å². The molecular formula is C22H22N6O4. The van der Waals surface area contributed by atoms with E-state index in [1.54, 1.807) is 16.9 Å². The summed E-state index contributed by atoms with van der Waals surface area (Å²) >= 11 is 0. The zero-order valence-electron chi connectivity index (χ0n) is 17.5. The Morgan fingerprint density at radius 1 is 1.06 bits per heavy atom. The van der Waals surface area contributed by atoms with Gasteiger partial charge in [-0.25, -0.2) is 15.0 Å². The van der Waals surface area contributed by atoms with E-state index in [1.165, 1.54) is 6.33 Å². The Balaban J connectivity index is 1.25. The second kappa shape index (κ2) is 9.16. The summed E-state index contributed by atoms with van der Waals surface area (Å²) in [6, 6.07) is 11.0. The summed E-state index contributed by atoms with van der Waals surface area (Å²) in [6.45, 7) is 1.77. The van der Waals surface area contributed by atoms with Crippen LogP contribution in [0.3, 0.4) is 0 Å². The van der Waals surface area contributed by atoms with Crippen molar-refractivity contribution in [2.45, 2.75) is 12.7 Å². The number of fused-ring (bicyclic) bond motifs is 1. The predicted octanol–water partition coefficient (Wildman–Crippen LogP) is 3.44. The summed E-state index contributed by atoms with van der Waals surface area (Å²) in [5.74, 6) is 3.07. The molecule has 0 bridgehead atoms. The Bertz CT molecular complexity index is 1190. The SMILES string of the molecule is Cn1ccc(Nc2ncnc3ccc(Oc4ccc(OCCC5OCCO5)cn4)cc23)n1. The number of nitrogens with zero attached hydrogens (tertiary/aromatic N) is 5. The minimum atomic E-state index is -0.181. The Hall–Kier alpha value is -3.76. The quantitative estimate of drug-likeness (QED) is 0.446. The molecule has 4 aromatic rings. The van der Waals surface area contributed by atoms with Crippen molar-refractivity contribution in [2.24, 2.45) is 7.05 Å². The van der Waals surface area contributed by atoms with Gasteiger partial charge >= 0.3 is 0 Å². The van der Waals surface area contributed by atoms with Crippen LogP contribution >= 0.6 is 0 Å². The largest absolute Gasteiger partial charge is 0.492 e. The highest BCUT2D eigenvalue weighted by molar-refractivity contribution is 5.91. The topological polar surface area (TPSA) is 105 Å². The average Bonchev–Trinajstić information content (AvgIpc) is 3.47. The van der Waals surface area contributed by atoms with Gasteiger partial charge in [-0.05, 0) is 24.3 Å². The van der Waals surface area contributed by atoms with E-state index in [4.69, 9.17) is 18.9 Å². The van der Waals surface area contributed by atoms with E-state index >= 15 is 0 Å². The van der Waals surface area contributed by atoms with Crippen molar-refractivity contribution in [3.05, 3.63) is 55.1 Å². The first-order chi connectivity index (χ1) is 15.7. The zero-order chi connectivity index (χ0) is 21.8. The van der Waals surface area contributed by atoms with Crippen molar-refractivity contribution >= 4 is 22.5 Å². The van der Waals surface area contributed by atoms with Gasteiger partial charge < -0.3 is 24.3 Å². The number of benzene rings is 1. The van der Waals surface area contributed by atoms with Crippen molar-refractivity contribution in [3.8, 4) is 17.4 Å². The van der Waals surface area contributed by atoms with E-state index in [9.17, 15) is 0 Å². The molecule has 1 aromatic carbocycles. The van der Waals surface area contributed by atoms with Crippen LogP contribution in [0.4, 0.5) is 11.6 Å². The number of aromatic nitrogens is 5.